The number of rotatable bonds is 5. The number of hydrogen-bond donors (Lipinski definition) is 1. The quantitative estimate of drug-likeness (QED) is 0.777. The third-order valence-corrected chi connectivity index (χ3v) is 2.38. The highest BCUT2D eigenvalue weighted by Crippen LogP contribution is 2.16. The summed E-state index contributed by atoms with van der Waals surface area (Å²) in [7, 11) is 0. The van der Waals surface area contributed by atoms with Crippen LogP contribution in [0.25, 0.3) is 0 Å². The summed E-state index contributed by atoms with van der Waals surface area (Å²) in [4.78, 5) is 11.5. The van der Waals surface area contributed by atoms with Crippen molar-refractivity contribution >= 4 is 5.97 Å². The van der Waals surface area contributed by atoms with Crippen LogP contribution in [0.15, 0.2) is 30.3 Å². The number of ether oxygens (including phenoxy) is 1. The van der Waals surface area contributed by atoms with Gasteiger partial charge in [-0.05, 0) is 25.8 Å². The Hall–Kier alpha value is -1.35. The summed E-state index contributed by atoms with van der Waals surface area (Å²) in [6.07, 6.45) is 0.858. The molecule has 0 aliphatic heterocycles. The van der Waals surface area contributed by atoms with E-state index in [0.717, 1.165) is 5.56 Å². The van der Waals surface area contributed by atoms with E-state index in [1.807, 2.05) is 44.2 Å². The zero-order chi connectivity index (χ0) is 12.0. The summed E-state index contributed by atoms with van der Waals surface area (Å²) < 4.78 is 5.29. The van der Waals surface area contributed by atoms with Crippen LogP contribution in [0.2, 0.25) is 0 Å². The molecule has 2 N–H and O–H groups in total. The molecule has 3 heteroatoms. The van der Waals surface area contributed by atoms with Crippen LogP contribution in [0.3, 0.4) is 0 Å². The van der Waals surface area contributed by atoms with Crippen molar-refractivity contribution in [1.82, 2.24) is 0 Å². The van der Waals surface area contributed by atoms with Crippen LogP contribution in [0.4, 0.5) is 0 Å². The summed E-state index contributed by atoms with van der Waals surface area (Å²) in [5.74, 6) is -0.186. The summed E-state index contributed by atoms with van der Waals surface area (Å²) >= 11 is 0. The maximum Gasteiger partial charge on any atom is 0.306 e. The number of hydrogen-bond acceptors (Lipinski definition) is 3. The lowest BCUT2D eigenvalue weighted by Crippen LogP contribution is -2.17. The van der Waals surface area contributed by atoms with Gasteiger partial charge in [-0.1, -0.05) is 30.3 Å². The van der Waals surface area contributed by atoms with E-state index in [2.05, 4.69) is 0 Å². The van der Waals surface area contributed by atoms with Gasteiger partial charge in [-0.15, -0.1) is 0 Å². The fourth-order valence-electron chi connectivity index (χ4n) is 1.39. The Kier molecular flexibility index (Phi) is 4.99. The molecule has 0 heterocycles. The van der Waals surface area contributed by atoms with Gasteiger partial charge >= 0.3 is 5.97 Å². The number of nitrogens with two attached hydrogens (primary N) is 1. The standard InChI is InChI=1S/C13H19NO2/c1-10(14)8-9-13(15)16-11(2)12-6-4-3-5-7-12/h3-7,10-11H,8-9,14H2,1-2H3. The Morgan fingerprint density at radius 3 is 2.50 bits per heavy atom. The smallest absolute Gasteiger partial charge is 0.306 e. The van der Waals surface area contributed by atoms with E-state index >= 15 is 0 Å². The van der Waals surface area contributed by atoms with Crippen molar-refractivity contribution in [2.24, 2.45) is 5.73 Å². The Bertz CT molecular complexity index is 322. The van der Waals surface area contributed by atoms with Crippen LogP contribution in [0, 0.1) is 0 Å². The van der Waals surface area contributed by atoms with Crippen LogP contribution in [-0.4, -0.2) is 12.0 Å². The first-order valence-corrected chi connectivity index (χ1v) is 5.59. The molecule has 2 unspecified atom stereocenters. The van der Waals surface area contributed by atoms with Crippen molar-refractivity contribution in [3.63, 3.8) is 0 Å². The maximum absolute atomic E-state index is 11.5. The highest BCUT2D eigenvalue weighted by molar-refractivity contribution is 5.69. The molecule has 1 aromatic rings. The van der Waals surface area contributed by atoms with Gasteiger partial charge in [0.25, 0.3) is 0 Å². The average Bonchev–Trinajstić information content (AvgIpc) is 2.27. The Labute approximate surface area is 96.6 Å². The monoisotopic (exact) mass is 221 g/mol. The second-order valence-corrected chi connectivity index (χ2v) is 4.06. The van der Waals surface area contributed by atoms with Crippen LogP contribution in [-0.2, 0) is 9.53 Å². The molecule has 2 atom stereocenters. The first-order chi connectivity index (χ1) is 7.59. The van der Waals surface area contributed by atoms with Crippen LogP contribution >= 0.6 is 0 Å². The molecule has 0 aromatic heterocycles. The number of carbonyl (C=O) groups is 1. The predicted octanol–water partition coefficient (Wildman–Crippen LogP) is 2.42. The molecule has 0 fully saturated rings. The number of benzene rings is 1. The minimum absolute atomic E-state index is 0.0413. The van der Waals surface area contributed by atoms with Crippen LogP contribution < -0.4 is 5.73 Å². The van der Waals surface area contributed by atoms with E-state index in [1.54, 1.807) is 0 Å². The number of esters is 1. The molecular weight excluding hydrogens is 202 g/mol. The molecule has 0 aliphatic rings. The SMILES string of the molecule is CC(N)CCC(=O)OC(C)c1ccccc1. The van der Waals surface area contributed by atoms with E-state index in [1.165, 1.54) is 0 Å². The fourth-order valence-corrected chi connectivity index (χ4v) is 1.39. The van der Waals surface area contributed by atoms with E-state index in [4.69, 9.17) is 10.5 Å². The van der Waals surface area contributed by atoms with Gasteiger partial charge in [-0.3, -0.25) is 4.79 Å². The van der Waals surface area contributed by atoms with Gasteiger partial charge in [0.15, 0.2) is 0 Å². The Morgan fingerprint density at radius 1 is 1.31 bits per heavy atom. The van der Waals surface area contributed by atoms with Gasteiger partial charge in [0.2, 0.25) is 0 Å². The molecule has 88 valence electrons. The first-order valence-electron chi connectivity index (χ1n) is 5.59. The highest BCUT2D eigenvalue weighted by atomic mass is 16.5. The van der Waals surface area contributed by atoms with E-state index < -0.39 is 0 Å². The molecule has 0 amide bonds. The van der Waals surface area contributed by atoms with Gasteiger partial charge in [-0.25, -0.2) is 0 Å². The molecule has 0 spiro atoms. The largest absolute Gasteiger partial charge is 0.458 e. The lowest BCUT2D eigenvalue weighted by molar-refractivity contribution is -0.148. The Balaban J connectivity index is 2.40. The average molecular weight is 221 g/mol. The van der Waals surface area contributed by atoms with Crippen molar-refractivity contribution in [3.8, 4) is 0 Å². The van der Waals surface area contributed by atoms with Crippen molar-refractivity contribution in [2.45, 2.75) is 38.8 Å². The molecular formula is C13H19NO2. The third kappa shape index (κ3) is 4.45. The van der Waals surface area contributed by atoms with E-state index in [9.17, 15) is 4.79 Å². The van der Waals surface area contributed by atoms with Gasteiger partial charge in [0.1, 0.15) is 6.10 Å². The predicted molar refractivity (Wildman–Crippen MR) is 63.8 cm³/mol. The van der Waals surface area contributed by atoms with Crippen LogP contribution in [0.5, 0.6) is 0 Å². The third-order valence-electron chi connectivity index (χ3n) is 2.38. The summed E-state index contributed by atoms with van der Waals surface area (Å²) in [5, 5.41) is 0. The zero-order valence-electron chi connectivity index (χ0n) is 9.85. The molecule has 3 nitrogen and oxygen atoms in total. The number of carbonyl (C=O) groups excluding carboxylic acids is 1. The van der Waals surface area contributed by atoms with Gasteiger partial charge < -0.3 is 10.5 Å². The topological polar surface area (TPSA) is 52.3 Å². The molecule has 1 aromatic carbocycles. The minimum Gasteiger partial charge on any atom is -0.458 e. The summed E-state index contributed by atoms with van der Waals surface area (Å²) in [6.45, 7) is 3.76. The van der Waals surface area contributed by atoms with Gasteiger partial charge in [0.05, 0.1) is 0 Å². The normalized spacial score (nSPS) is 14.2. The second kappa shape index (κ2) is 6.28. The molecule has 0 radical (unpaired) electrons. The first kappa shape index (κ1) is 12.7. The molecule has 0 saturated heterocycles. The van der Waals surface area contributed by atoms with Crippen molar-refractivity contribution < 1.29 is 9.53 Å². The lowest BCUT2D eigenvalue weighted by atomic mass is 10.1. The van der Waals surface area contributed by atoms with Crippen molar-refractivity contribution in [3.05, 3.63) is 35.9 Å². The molecule has 1 rings (SSSR count). The second-order valence-electron chi connectivity index (χ2n) is 4.06. The highest BCUT2D eigenvalue weighted by Gasteiger charge is 2.11. The molecule has 0 aliphatic carbocycles. The van der Waals surface area contributed by atoms with Crippen molar-refractivity contribution in [1.29, 1.82) is 0 Å². The summed E-state index contributed by atoms with van der Waals surface area (Å²) in [6, 6.07) is 9.74. The zero-order valence-corrected chi connectivity index (χ0v) is 9.85. The van der Waals surface area contributed by atoms with E-state index in [-0.39, 0.29) is 18.1 Å². The molecule has 0 saturated carbocycles. The Morgan fingerprint density at radius 2 is 1.94 bits per heavy atom. The minimum atomic E-state index is -0.193. The van der Waals surface area contributed by atoms with E-state index in [0.29, 0.717) is 12.8 Å². The van der Waals surface area contributed by atoms with Crippen LogP contribution in [0.1, 0.15) is 38.4 Å². The molecule has 0 bridgehead atoms. The molecule has 16 heavy (non-hydrogen) atoms. The lowest BCUT2D eigenvalue weighted by Gasteiger charge is -2.13. The van der Waals surface area contributed by atoms with Crippen molar-refractivity contribution in [2.75, 3.05) is 0 Å². The van der Waals surface area contributed by atoms with Gasteiger partial charge in [0, 0.05) is 12.5 Å². The summed E-state index contributed by atoms with van der Waals surface area (Å²) in [5.41, 5.74) is 6.59. The fraction of sp³-hybridized carbons (Fsp3) is 0.462. The maximum atomic E-state index is 11.5. The van der Waals surface area contributed by atoms with Gasteiger partial charge in [-0.2, -0.15) is 0 Å².